The van der Waals surface area contributed by atoms with Gasteiger partial charge in [-0.2, -0.15) is 4.68 Å². The van der Waals surface area contributed by atoms with Crippen molar-refractivity contribution < 1.29 is 18.7 Å². The van der Waals surface area contributed by atoms with Gasteiger partial charge in [-0.05, 0) is 53.9 Å². The predicted octanol–water partition coefficient (Wildman–Crippen LogP) is 2.60. The maximum absolute atomic E-state index is 16.1. The number of nitrogens with one attached hydrogen (secondary N) is 2. The molecule has 41 heavy (non-hydrogen) atoms. The molecule has 1 aliphatic heterocycles. The molecule has 0 saturated carbocycles. The number of rotatable bonds is 10. The lowest BCUT2D eigenvalue weighted by Crippen LogP contribution is -2.18. The van der Waals surface area contributed by atoms with Gasteiger partial charge in [0.15, 0.2) is 23.2 Å². The summed E-state index contributed by atoms with van der Waals surface area (Å²) in [6.07, 6.45) is 2.07. The molecular weight excluding hydrogens is 531 g/mol. The van der Waals surface area contributed by atoms with Gasteiger partial charge in [-0.3, -0.25) is 14.8 Å². The van der Waals surface area contributed by atoms with Crippen LogP contribution in [0, 0.1) is 5.82 Å². The second-order valence-electron chi connectivity index (χ2n) is 9.33. The molecule has 0 amide bonds. The van der Waals surface area contributed by atoms with Gasteiger partial charge in [0.05, 0.1) is 12.2 Å². The van der Waals surface area contributed by atoms with E-state index in [1.807, 2.05) is 19.1 Å². The molecule has 0 radical (unpaired) electrons. The van der Waals surface area contributed by atoms with Crippen molar-refractivity contribution in [2.75, 3.05) is 24.3 Å². The number of anilines is 2. The topological polar surface area (TPSA) is 176 Å². The lowest BCUT2D eigenvalue weighted by atomic mass is 9.99. The minimum atomic E-state index is -0.964. The Morgan fingerprint density at radius 3 is 2.80 bits per heavy atom. The van der Waals surface area contributed by atoms with E-state index in [2.05, 4.69) is 25.4 Å². The number of halogens is 1. The van der Waals surface area contributed by atoms with Crippen LogP contribution in [-0.4, -0.2) is 44.8 Å². The molecule has 0 bridgehead atoms. The van der Waals surface area contributed by atoms with Crippen LogP contribution in [0.1, 0.15) is 48.0 Å². The number of nitrogen functional groups attached to an aromatic ring is 1. The van der Waals surface area contributed by atoms with Crippen molar-refractivity contribution >= 4 is 23.2 Å². The Balaban J connectivity index is 1.58. The largest absolute Gasteiger partial charge is 0.487 e. The van der Waals surface area contributed by atoms with Gasteiger partial charge in [-0.15, -0.1) is 5.10 Å². The number of ether oxygens (including phenoxy) is 2. The number of aryl methyl sites for hydroxylation is 1. The summed E-state index contributed by atoms with van der Waals surface area (Å²) >= 11 is 0. The van der Waals surface area contributed by atoms with E-state index in [1.54, 1.807) is 30.3 Å². The van der Waals surface area contributed by atoms with E-state index < -0.39 is 23.5 Å². The van der Waals surface area contributed by atoms with Gasteiger partial charge in [0.1, 0.15) is 25.1 Å². The predicted molar refractivity (Wildman–Crippen MR) is 151 cm³/mol. The molecule has 6 N–H and O–H groups in total. The Morgan fingerprint density at radius 2 is 2.05 bits per heavy atom. The van der Waals surface area contributed by atoms with E-state index in [9.17, 15) is 9.59 Å². The van der Waals surface area contributed by atoms with Crippen molar-refractivity contribution in [3.8, 4) is 11.6 Å². The lowest BCUT2D eigenvalue weighted by molar-refractivity contribution is -0.141. The van der Waals surface area contributed by atoms with Gasteiger partial charge >= 0.3 is 11.7 Å². The van der Waals surface area contributed by atoms with Gasteiger partial charge in [0, 0.05) is 29.9 Å². The third kappa shape index (κ3) is 5.73. The number of pyridine rings is 1. The first-order valence-electron chi connectivity index (χ1n) is 12.9. The highest BCUT2D eigenvalue weighted by atomic mass is 19.1. The van der Waals surface area contributed by atoms with Crippen LogP contribution >= 0.6 is 0 Å². The summed E-state index contributed by atoms with van der Waals surface area (Å²) in [4.78, 5) is 35.3. The number of nitrogens with two attached hydrogens (primary N) is 2. The van der Waals surface area contributed by atoms with Crippen LogP contribution in [0.25, 0.3) is 5.82 Å². The minimum absolute atomic E-state index is 0.0239. The van der Waals surface area contributed by atoms with Crippen LogP contribution in [0.3, 0.4) is 0 Å². The molecule has 12 nitrogen and oxygen atoms in total. The number of hydrogen-bond donors (Lipinski definition) is 4. The SMILES string of the molecule is CCc1cc(OCCOC(C)=O)c(F)c(C(Nc2ccc3c(c2)CN=C3N)c2nn(-c3ncccc3N)c(=O)[nH]2)c1. The van der Waals surface area contributed by atoms with Crippen molar-refractivity contribution in [3.63, 3.8) is 0 Å². The summed E-state index contributed by atoms with van der Waals surface area (Å²) < 4.78 is 27.7. The molecule has 3 heterocycles. The highest BCUT2D eigenvalue weighted by molar-refractivity contribution is 6.01. The van der Waals surface area contributed by atoms with Crippen molar-refractivity contribution in [2.24, 2.45) is 10.7 Å². The fraction of sp³-hybridized carbons (Fsp3) is 0.250. The van der Waals surface area contributed by atoms with E-state index in [1.165, 1.54) is 13.1 Å². The molecular formula is C28H29FN8O4. The number of aromatic amines is 1. The van der Waals surface area contributed by atoms with Gasteiger partial charge in [-0.1, -0.05) is 13.0 Å². The zero-order valence-corrected chi connectivity index (χ0v) is 22.5. The molecule has 1 unspecified atom stereocenters. The first-order chi connectivity index (χ1) is 19.7. The number of benzene rings is 2. The van der Waals surface area contributed by atoms with Gasteiger partial charge < -0.3 is 26.3 Å². The number of amidine groups is 1. The summed E-state index contributed by atoms with van der Waals surface area (Å²) in [7, 11) is 0. The Kier molecular flexibility index (Phi) is 7.68. The van der Waals surface area contributed by atoms with Crippen molar-refractivity contribution in [2.45, 2.75) is 32.9 Å². The summed E-state index contributed by atoms with van der Waals surface area (Å²) in [5.74, 6) is -0.434. The number of carbonyl (C=O) groups excluding carboxylic acids is 1. The fourth-order valence-corrected chi connectivity index (χ4v) is 4.52. The second kappa shape index (κ2) is 11.5. The quantitative estimate of drug-likeness (QED) is 0.168. The van der Waals surface area contributed by atoms with E-state index in [4.69, 9.17) is 20.9 Å². The molecule has 2 aromatic carbocycles. The summed E-state index contributed by atoms with van der Waals surface area (Å²) in [5, 5.41) is 7.77. The average Bonchev–Trinajstić information content (AvgIpc) is 3.52. The number of aromatic nitrogens is 4. The lowest BCUT2D eigenvalue weighted by Gasteiger charge is -2.21. The van der Waals surface area contributed by atoms with Gasteiger partial charge in [-0.25, -0.2) is 14.2 Å². The molecule has 212 valence electrons. The molecule has 0 saturated heterocycles. The third-order valence-corrected chi connectivity index (χ3v) is 6.53. The smallest absolute Gasteiger partial charge is 0.349 e. The van der Waals surface area contributed by atoms with Crippen molar-refractivity contribution in [1.29, 1.82) is 0 Å². The number of H-pyrrole nitrogens is 1. The fourth-order valence-electron chi connectivity index (χ4n) is 4.52. The van der Waals surface area contributed by atoms with Gasteiger partial charge in [0.2, 0.25) is 0 Å². The van der Waals surface area contributed by atoms with E-state index >= 15 is 4.39 Å². The Labute approximate surface area is 234 Å². The standard InChI is InChI=1S/C28H29FN8O4/c1-3-16-11-20(23(29)22(12-16)41-10-9-40-15(2)38)24(34-18-6-7-19-17(13-18)14-33-25(19)31)26-35-28(39)37(36-26)27-21(30)5-4-8-32-27/h4-8,11-13,24,34H,3,9-10,14,30H2,1-2H3,(H2,31,33)(H,35,36,39). The number of aliphatic imine (C=N–C) groups is 1. The molecule has 0 aliphatic carbocycles. The first kappa shape index (κ1) is 27.4. The maximum Gasteiger partial charge on any atom is 0.349 e. The van der Waals surface area contributed by atoms with E-state index in [-0.39, 0.29) is 41.9 Å². The molecule has 2 aromatic heterocycles. The van der Waals surface area contributed by atoms with Crippen LogP contribution < -0.4 is 27.2 Å². The molecule has 0 spiro atoms. The number of hydrogen-bond acceptors (Lipinski definition) is 10. The van der Waals surface area contributed by atoms with Crippen LogP contribution in [0.5, 0.6) is 5.75 Å². The number of nitrogens with zero attached hydrogens (tertiary/aromatic N) is 4. The Hall–Kier alpha value is -5.20. The maximum atomic E-state index is 16.1. The second-order valence-corrected chi connectivity index (χ2v) is 9.33. The Bertz CT molecular complexity index is 1700. The zero-order valence-electron chi connectivity index (χ0n) is 22.5. The Morgan fingerprint density at radius 1 is 1.22 bits per heavy atom. The van der Waals surface area contributed by atoms with Crippen LogP contribution in [0.15, 0.2) is 58.4 Å². The molecule has 1 aliphatic rings. The van der Waals surface area contributed by atoms with E-state index in [0.717, 1.165) is 21.4 Å². The first-order valence-corrected chi connectivity index (χ1v) is 12.9. The highest BCUT2D eigenvalue weighted by Crippen LogP contribution is 2.33. The van der Waals surface area contributed by atoms with Crippen molar-refractivity contribution in [1.82, 2.24) is 19.7 Å². The minimum Gasteiger partial charge on any atom is -0.487 e. The summed E-state index contributed by atoms with van der Waals surface area (Å²) in [6.45, 7) is 3.55. The summed E-state index contributed by atoms with van der Waals surface area (Å²) in [5.41, 5.74) is 15.0. The van der Waals surface area contributed by atoms with Crippen LogP contribution in [-0.2, 0) is 22.5 Å². The number of fused-ring (bicyclic) bond motifs is 1. The monoisotopic (exact) mass is 560 g/mol. The summed E-state index contributed by atoms with van der Waals surface area (Å²) in [6, 6.07) is 11.1. The normalized spacial score (nSPS) is 12.9. The van der Waals surface area contributed by atoms with E-state index in [0.29, 0.717) is 24.5 Å². The van der Waals surface area contributed by atoms with Crippen molar-refractivity contribution in [3.05, 3.63) is 93.0 Å². The van der Waals surface area contributed by atoms with Crippen LogP contribution in [0.4, 0.5) is 15.8 Å². The number of esters is 1. The molecule has 13 heteroatoms. The third-order valence-electron chi connectivity index (χ3n) is 6.53. The molecule has 0 fully saturated rings. The van der Waals surface area contributed by atoms with Crippen LogP contribution in [0.2, 0.25) is 0 Å². The number of carbonyl (C=O) groups is 1. The molecule has 5 rings (SSSR count). The average molecular weight is 561 g/mol. The van der Waals surface area contributed by atoms with Gasteiger partial charge in [0.25, 0.3) is 0 Å². The molecule has 4 aromatic rings. The zero-order chi connectivity index (χ0) is 29.1. The highest BCUT2D eigenvalue weighted by Gasteiger charge is 2.27. The molecule has 1 atom stereocenters.